The second kappa shape index (κ2) is 9.78. The Morgan fingerprint density at radius 2 is 1.63 bits per heavy atom. The monoisotopic (exact) mass is 365 g/mol. The summed E-state index contributed by atoms with van der Waals surface area (Å²) in [5.41, 5.74) is 1.23. The van der Waals surface area contributed by atoms with Crippen LogP contribution in [0.2, 0.25) is 0 Å². The van der Waals surface area contributed by atoms with Gasteiger partial charge in [0.15, 0.2) is 0 Å². The van der Waals surface area contributed by atoms with Crippen molar-refractivity contribution in [2.24, 2.45) is 0 Å². The molecule has 0 unspecified atom stereocenters. The van der Waals surface area contributed by atoms with Gasteiger partial charge in [-0.1, -0.05) is 6.58 Å². The maximum atomic E-state index is 12.1. The Morgan fingerprint density at radius 1 is 1.00 bits per heavy atom. The molecule has 138 valence electrons. The van der Waals surface area contributed by atoms with E-state index >= 15 is 0 Å². The highest BCUT2D eigenvalue weighted by molar-refractivity contribution is 5.91. The molecule has 0 fully saturated rings. The van der Waals surface area contributed by atoms with Crippen LogP contribution in [0, 0.1) is 11.3 Å². The van der Waals surface area contributed by atoms with E-state index in [1.54, 1.807) is 55.5 Å². The Morgan fingerprint density at radius 3 is 2.22 bits per heavy atom. The predicted molar refractivity (Wildman–Crippen MR) is 98.4 cm³/mol. The van der Waals surface area contributed by atoms with Crippen molar-refractivity contribution in [2.45, 2.75) is 13.3 Å². The molecule has 2 aromatic rings. The molecule has 0 radical (unpaired) electrons. The van der Waals surface area contributed by atoms with Gasteiger partial charge in [0, 0.05) is 12.0 Å². The SMILES string of the molecule is C=C(C)C(=O)OCCCOc1ccc(C(=O)Oc2ccc(C#N)cc2)cc1. The standard InChI is InChI=1S/C21H19NO5/c1-15(2)20(23)26-13-3-12-25-18-10-6-17(7-11-18)21(24)27-19-8-4-16(14-22)5-9-19/h4-11H,1,3,12-13H2,2H3. The van der Waals surface area contributed by atoms with Crippen LogP contribution in [0.25, 0.3) is 0 Å². The van der Waals surface area contributed by atoms with Crippen LogP contribution in [0.5, 0.6) is 11.5 Å². The van der Waals surface area contributed by atoms with Gasteiger partial charge in [-0.15, -0.1) is 0 Å². The van der Waals surface area contributed by atoms with Crippen molar-refractivity contribution >= 4 is 11.9 Å². The van der Waals surface area contributed by atoms with Gasteiger partial charge in [-0.05, 0) is 55.5 Å². The van der Waals surface area contributed by atoms with Gasteiger partial charge in [0.05, 0.1) is 30.4 Å². The minimum absolute atomic E-state index is 0.251. The van der Waals surface area contributed by atoms with E-state index < -0.39 is 11.9 Å². The van der Waals surface area contributed by atoms with Crippen molar-refractivity contribution in [2.75, 3.05) is 13.2 Å². The fourth-order valence-electron chi connectivity index (χ4n) is 1.99. The Bertz CT molecular complexity index is 848. The number of carbonyl (C=O) groups is 2. The van der Waals surface area contributed by atoms with Crippen molar-refractivity contribution < 1.29 is 23.8 Å². The Kier molecular flexibility index (Phi) is 7.15. The van der Waals surface area contributed by atoms with Crippen molar-refractivity contribution in [3.8, 4) is 17.6 Å². The van der Waals surface area contributed by atoms with Gasteiger partial charge in [0.25, 0.3) is 0 Å². The van der Waals surface area contributed by atoms with Crippen LogP contribution >= 0.6 is 0 Å². The molecule has 0 amide bonds. The van der Waals surface area contributed by atoms with E-state index in [9.17, 15) is 9.59 Å². The van der Waals surface area contributed by atoms with Crippen LogP contribution in [-0.4, -0.2) is 25.2 Å². The van der Waals surface area contributed by atoms with Gasteiger partial charge in [-0.2, -0.15) is 5.26 Å². The maximum absolute atomic E-state index is 12.1. The fourth-order valence-corrected chi connectivity index (χ4v) is 1.99. The van der Waals surface area contributed by atoms with E-state index in [-0.39, 0.29) is 6.61 Å². The molecule has 0 aromatic heterocycles. The summed E-state index contributed by atoms with van der Waals surface area (Å²) in [7, 11) is 0. The van der Waals surface area contributed by atoms with E-state index in [1.165, 1.54) is 0 Å². The second-order valence-electron chi connectivity index (χ2n) is 5.67. The molecule has 0 saturated heterocycles. The van der Waals surface area contributed by atoms with Crippen LogP contribution in [-0.2, 0) is 9.53 Å². The minimum Gasteiger partial charge on any atom is -0.493 e. The summed E-state index contributed by atoms with van der Waals surface area (Å²) in [6.45, 7) is 5.72. The topological polar surface area (TPSA) is 85.6 Å². The molecule has 6 nitrogen and oxygen atoms in total. The van der Waals surface area contributed by atoms with Crippen LogP contribution < -0.4 is 9.47 Å². The van der Waals surface area contributed by atoms with Crippen molar-refractivity contribution in [3.05, 3.63) is 71.8 Å². The molecule has 27 heavy (non-hydrogen) atoms. The smallest absolute Gasteiger partial charge is 0.343 e. The third kappa shape index (κ3) is 6.33. The average Bonchev–Trinajstić information content (AvgIpc) is 2.68. The number of rotatable bonds is 8. The molecule has 0 saturated carbocycles. The molecule has 0 atom stereocenters. The number of benzene rings is 2. The number of esters is 2. The molecular formula is C21H19NO5. The summed E-state index contributed by atoms with van der Waals surface area (Å²) >= 11 is 0. The molecule has 0 spiro atoms. The van der Waals surface area contributed by atoms with E-state index in [0.717, 1.165) is 0 Å². The molecule has 0 N–H and O–H groups in total. The van der Waals surface area contributed by atoms with Gasteiger partial charge in [0.1, 0.15) is 11.5 Å². The fraction of sp³-hybridized carbons (Fsp3) is 0.190. The van der Waals surface area contributed by atoms with Gasteiger partial charge in [-0.3, -0.25) is 0 Å². The number of nitrogens with zero attached hydrogens (tertiary/aromatic N) is 1. The Balaban J connectivity index is 1.78. The summed E-state index contributed by atoms with van der Waals surface area (Å²) in [4.78, 5) is 23.3. The average molecular weight is 365 g/mol. The molecule has 0 aliphatic rings. The van der Waals surface area contributed by atoms with E-state index in [2.05, 4.69) is 6.58 Å². The molecule has 0 heterocycles. The van der Waals surface area contributed by atoms with Gasteiger partial charge in [-0.25, -0.2) is 9.59 Å². The first-order valence-electron chi connectivity index (χ1n) is 8.27. The number of hydrogen-bond donors (Lipinski definition) is 0. The van der Waals surface area contributed by atoms with Crippen molar-refractivity contribution in [1.82, 2.24) is 0 Å². The first kappa shape index (κ1) is 19.7. The zero-order valence-corrected chi connectivity index (χ0v) is 14.9. The third-order valence-electron chi connectivity index (χ3n) is 3.42. The van der Waals surface area contributed by atoms with Crippen molar-refractivity contribution in [3.63, 3.8) is 0 Å². The summed E-state index contributed by atoms with van der Waals surface area (Å²) in [5.74, 6) is 0.0397. The predicted octanol–water partition coefficient (Wildman–Crippen LogP) is 3.67. The summed E-state index contributed by atoms with van der Waals surface area (Å²) in [6.07, 6.45) is 0.543. The molecule has 2 rings (SSSR count). The summed E-state index contributed by atoms with van der Waals surface area (Å²) in [5, 5.41) is 8.76. The maximum Gasteiger partial charge on any atom is 0.343 e. The lowest BCUT2D eigenvalue weighted by Gasteiger charge is -2.08. The van der Waals surface area contributed by atoms with Crippen LogP contribution in [0.3, 0.4) is 0 Å². The molecule has 0 bridgehead atoms. The first-order chi connectivity index (χ1) is 13.0. The lowest BCUT2D eigenvalue weighted by molar-refractivity contribution is -0.139. The van der Waals surface area contributed by atoms with Crippen LogP contribution in [0.1, 0.15) is 29.3 Å². The Hall–Kier alpha value is -3.59. The van der Waals surface area contributed by atoms with Crippen molar-refractivity contribution in [1.29, 1.82) is 5.26 Å². The van der Waals surface area contributed by atoms with Gasteiger partial charge in [0.2, 0.25) is 0 Å². The molecule has 0 aliphatic heterocycles. The molecule has 2 aromatic carbocycles. The number of carbonyl (C=O) groups excluding carboxylic acids is 2. The van der Waals surface area contributed by atoms with Crippen LogP contribution in [0.4, 0.5) is 0 Å². The lowest BCUT2D eigenvalue weighted by Crippen LogP contribution is -2.10. The number of ether oxygens (including phenoxy) is 3. The first-order valence-corrected chi connectivity index (χ1v) is 8.27. The zero-order chi connectivity index (χ0) is 19.6. The van der Waals surface area contributed by atoms with E-state index in [0.29, 0.717) is 41.2 Å². The van der Waals surface area contributed by atoms with E-state index in [4.69, 9.17) is 19.5 Å². The lowest BCUT2D eigenvalue weighted by atomic mass is 10.2. The zero-order valence-electron chi connectivity index (χ0n) is 14.9. The molecule has 0 aliphatic carbocycles. The molecular weight excluding hydrogens is 346 g/mol. The van der Waals surface area contributed by atoms with E-state index in [1.807, 2.05) is 6.07 Å². The highest BCUT2D eigenvalue weighted by Gasteiger charge is 2.09. The summed E-state index contributed by atoms with van der Waals surface area (Å²) < 4.78 is 15.7. The second-order valence-corrected chi connectivity index (χ2v) is 5.67. The minimum atomic E-state index is -0.502. The van der Waals surface area contributed by atoms with Gasteiger partial charge >= 0.3 is 11.9 Å². The molecule has 6 heteroatoms. The normalized spacial score (nSPS) is 9.78. The van der Waals surface area contributed by atoms with Crippen LogP contribution in [0.15, 0.2) is 60.7 Å². The largest absolute Gasteiger partial charge is 0.493 e. The summed E-state index contributed by atoms with van der Waals surface area (Å²) in [6, 6.07) is 14.8. The highest BCUT2D eigenvalue weighted by atomic mass is 16.5. The third-order valence-corrected chi connectivity index (χ3v) is 3.42. The highest BCUT2D eigenvalue weighted by Crippen LogP contribution is 2.16. The number of hydrogen-bond acceptors (Lipinski definition) is 6. The Labute approximate surface area is 157 Å². The number of nitriles is 1. The van der Waals surface area contributed by atoms with Gasteiger partial charge < -0.3 is 14.2 Å². The quantitative estimate of drug-likeness (QED) is 0.307.